The summed E-state index contributed by atoms with van der Waals surface area (Å²) in [7, 11) is 0. The van der Waals surface area contributed by atoms with Crippen molar-refractivity contribution in [2.75, 3.05) is 26.2 Å². The average molecular weight is 299 g/mol. The second kappa shape index (κ2) is 7.04. The zero-order valence-electron chi connectivity index (χ0n) is 11.7. The summed E-state index contributed by atoms with van der Waals surface area (Å²) in [5.74, 6) is -0.0688. The van der Waals surface area contributed by atoms with Gasteiger partial charge in [0.1, 0.15) is 5.82 Å². The van der Waals surface area contributed by atoms with E-state index >= 15 is 0 Å². The van der Waals surface area contributed by atoms with Crippen LogP contribution in [0.15, 0.2) is 18.2 Å². The van der Waals surface area contributed by atoms with Crippen molar-refractivity contribution in [1.82, 2.24) is 9.80 Å². The maximum atomic E-state index is 13.0. The van der Waals surface area contributed by atoms with Gasteiger partial charge in [0.05, 0.1) is 0 Å². The van der Waals surface area contributed by atoms with Gasteiger partial charge in [-0.05, 0) is 24.1 Å². The Morgan fingerprint density at radius 1 is 1.30 bits per heavy atom. The molecule has 1 aliphatic heterocycles. The third-order valence-corrected chi connectivity index (χ3v) is 3.95. The Labute approximate surface area is 124 Å². The van der Waals surface area contributed by atoms with Crippen molar-refractivity contribution in [3.05, 3.63) is 34.6 Å². The standard InChI is InChI=1S/C15H20ClFN2O/c1-2-3-15(20)19-8-6-18(7-9-19)11-12-4-5-13(17)10-14(12)16/h4-5,10H,2-3,6-9,11H2,1H3. The predicted molar refractivity (Wildman–Crippen MR) is 78.2 cm³/mol. The van der Waals surface area contributed by atoms with Gasteiger partial charge in [-0.2, -0.15) is 0 Å². The van der Waals surface area contributed by atoms with Crippen molar-refractivity contribution >= 4 is 17.5 Å². The van der Waals surface area contributed by atoms with Crippen molar-refractivity contribution < 1.29 is 9.18 Å². The van der Waals surface area contributed by atoms with E-state index in [-0.39, 0.29) is 11.7 Å². The highest BCUT2D eigenvalue weighted by Gasteiger charge is 2.20. The van der Waals surface area contributed by atoms with Gasteiger partial charge >= 0.3 is 0 Å². The highest BCUT2D eigenvalue weighted by molar-refractivity contribution is 6.31. The summed E-state index contributed by atoms with van der Waals surface area (Å²) < 4.78 is 13.0. The summed E-state index contributed by atoms with van der Waals surface area (Å²) in [5, 5.41) is 0.467. The van der Waals surface area contributed by atoms with E-state index in [1.165, 1.54) is 12.1 Å². The van der Waals surface area contributed by atoms with Crippen molar-refractivity contribution in [3.63, 3.8) is 0 Å². The molecule has 0 atom stereocenters. The van der Waals surface area contributed by atoms with E-state index < -0.39 is 0 Å². The topological polar surface area (TPSA) is 23.6 Å². The molecular weight excluding hydrogens is 279 g/mol. The molecule has 0 radical (unpaired) electrons. The van der Waals surface area contributed by atoms with Crippen LogP contribution in [0.25, 0.3) is 0 Å². The third-order valence-electron chi connectivity index (χ3n) is 3.60. The maximum Gasteiger partial charge on any atom is 0.222 e. The second-order valence-electron chi connectivity index (χ2n) is 5.14. The molecular formula is C15H20ClFN2O. The van der Waals surface area contributed by atoms with Crippen LogP contribution in [0.1, 0.15) is 25.3 Å². The molecule has 1 aromatic rings. The molecule has 0 unspecified atom stereocenters. The lowest BCUT2D eigenvalue weighted by Gasteiger charge is -2.35. The summed E-state index contributed by atoms with van der Waals surface area (Å²) in [6.07, 6.45) is 1.52. The molecule has 1 saturated heterocycles. The zero-order valence-corrected chi connectivity index (χ0v) is 12.5. The van der Waals surface area contributed by atoms with Crippen LogP contribution in [0, 0.1) is 5.82 Å². The average Bonchev–Trinajstić information content (AvgIpc) is 2.43. The summed E-state index contributed by atoms with van der Waals surface area (Å²) in [6, 6.07) is 4.51. The van der Waals surface area contributed by atoms with Gasteiger partial charge in [0.15, 0.2) is 0 Å². The molecule has 3 nitrogen and oxygen atoms in total. The van der Waals surface area contributed by atoms with Crippen LogP contribution < -0.4 is 0 Å². The Morgan fingerprint density at radius 2 is 2.00 bits per heavy atom. The highest BCUT2D eigenvalue weighted by Crippen LogP contribution is 2.19. The molecule has 5 heteroatoms. The summed E-state index contributed by atoms with van der Waals surface area (Å²) in [6.45, 7) is 5.92. The van der Waals surface area contributed by atoms with Crippen LogP contribution in [0.3, 0.4) is 0 Å². The molecule has 2 rings (SSSR count). The lowest BCUT2D eigenvalue weighted by Crippen LogP contribution is -2.48. The predicted octanol–water partition coefficient (Wildman–Crippen LogP) is 2.92. The Morgan fingerprint density at radius 3 is 2.60 bits per heavy atom. The van der Waals surface area contributed by atoms with Gasteiger partial charge in [-0.15, -0.1) is 0 Å². The number of carbonyl (C=O) groups is 1. The van der Waals surface area contributed by atoms with E-state index in [2.05, 4.69) is 4.90 Å². The minimum Gasteiger partial charge on any atom is -0.340 e. The molecule has 0 aromatic heterocycles. The van der Waals surface area contributed by atoms with Crippen molar-refractivity contribution in [2.24, 2.45) is 0 Å². The van der Waals surface area contributed by atoms with Gasteiger partial charge in [0, 0.05) is 44.2 Å². The van der Waals surface area contributed by atoms with Crippen LogP contribution in [-0.4, -0.2) is 41.9 Å². The third kappa shape index (κ3) is 3.93. The molecule has 1 aliphatic rings. The van der Waals surface area contributed by atoms with Crippen LogP contribution >= 0.6 is 11.6 Å². The number of hydrogen-bond acceptors (Lipinski definition) is 2. The smallest absolute Gasteiger partial charge is 0.222 e. The van der Waals surface area contributed by atoms with E-state index in [9.17, 15) is 9.18 Å². The fraction of sp³-hybridized carbons (Fsp3) is 0.533. The van der Waals surface area contributed by atoms with E-state index in [0.717, 1.165) is 38.2 Å². The van der Waals surface area contributed by atoms with Gasteiger partial charge in [-0.3, -0.25) is 9.69 Å². The van der Waals surface area contributed by atoms with Gasteiger partial charge in [-0.1, -0.05) is 24.6 Å². The number of piperazine rings is 1. The van der Waals surface area contributed by atoms with Gasteiger partial charge in [-0.25, -0.2) is 4.39 Å². The molecule has 110 valence electrons. The highest BCUT2D eigenvalue weighted by atomic mass is 35.5. The molecule has 0 saturated carbocycles. The minimum atomic E-state index is -0.311. The quantitative estimate of drug-likeness (QED) is 0.853. The summed E-state index contributed by atoms with van der Waals surface area (Å²) in [4.78, 5) is 16.0. The first-order valence-electron chi connectivity index (χ1n) is 7.04. The molecule has 1 aromatic carbocycles. The molecule has 1 fully saturated rings. The SMILES string of the molecule is CCCC(=O)N1CCN(Cc2ccc(F)cc2Cl)CC1. The first kappa shape index (κ1) is 15.3. The summed E-state index contributed by atoms with van der Waals surface area (Å²) in [5.41, 5.74) is 0.932. The molecule has 20 heavy (non-hydrogen) atoms. The van der Waals surface area contributed by atoms with Crippen molar-refractivity contribution in [3.8, 4) is 0 Å². The van der Waals surface area contributed by atoms with Gasteiger partial charge in [0.25, 0.3) is 0 Å². The van der Waals surface area contributed by atoms with E-state index in [4.69, 9.17) is 11.6 Å². The normalized spacial score (nSPS) is 16.4. The number of halogens is 2. The number of hydrogen-bond donors (Lipinski definition) is 0. The van der Waals surface area contributed by atoms with Crippen molar-refractivity contribution in [2.45, 2.75) is 26.3 Å². The lowest BCUT2D eigenvalue weighted by molar-refractivity contribution is -0.133. The second-order valence-corrected chi connectivity index (χ2v) is 5.55. The molecule has 0 aliphatic carbocycles. The number of carbonyl (C=O) groups excluding carboxylic acids is 1. The van der Waals surface area contributed by atoms with Crippen molar-refractivity contribution in [1.29, 1.82) is 0 Å². The zero-order chi connectivity index (χ0) is 14.5. The van der Waals surface area contributed by atoms with Crippen LogP contribution in [0.5, 0.6) is 0 Å². The first-order valence-corrected chi connectivity index (χ1v) is 7.42. The molecule has 0 spiro atoms. The van der Waals surface area contributed by atoms with Gasteiger partial charge in [0.2, 0.25) is 5.91 Å². The monoisotopic (exact) mass is 298 g/mol. The van der Waals surface area contributed by atoms with E-state index in [1.54, 1.807) is 6.07 Å². The lowest BCUT2D eigenvalue weighted by atomic mass is 10.2. The van der Waals surface area contributed by atoms with Crippen LogP contribution in [0.2, 0.25) is 5.02 Å². The summed E-state index contributed by atoms with van der Waals surface area (Å²) >= 11 is 6.04. The van der Waals surface area contributed by atoms with Gasteiger partial charge < -0.3 is 4.90 Å². The van der Waals surface area contributed by atoms with E-state index in [0.29, 0.717) is 18.0 Å². The molecule has 0 bridgehead atoms. The number of rotatable bonds is 4. The maximum absolute atomic E-state index is 13.0. The Balaban J connectivity index is 1.86. The molecule has 1 amide bonds. The van der Waals surface area contributed by atoms with Crippen LogP contribution in [0.4, 0.5) is 4.39 Å². The Kier molecular flexibility index (Phi) is 5.38. The Hall–Kier alpha value is -1.13. The van der Waals surface area contributed by atoms with Crippen LogP contribution in [-0.2, 0) is 11.3 Å². The largest absolute Gasteiger partial charge is 0.340 e. The molecule has 0 N–H and O–H groups in total. The first-order chi connectivity index (χ1) is 9.60. The number of nitrogens with zero attached hydrogens (tertiary/aromatic N) is 2. The Bertz CT molecular complexity index is 473. The fourth-order valence-electron chi connectivity index (χ4n) is 2.42. The molecule has 1 heterocycles. The number of benzene rings is 1. The fourth-order valence-corrected chi connectivity index (χ4v) is 2.65. The minimum absolute atomic E-state index is 0.243. The van der Waals surface area contributed by atoms with E-state index in [1.807, 2.05) is 11.8 Å². The number of amides is 1.